The van der Waals surface area contributed by atoms with E-state index in [9.17, 15) is 0 Å². The predicted molar refractivity (Wildman–Crippen MR) is 112 cm³/mol. The molecule has 0 rings (SSSR count). The predicted octanol–water partition coefficient (Wildman–Crippen LogP) is 7.58. The van der Waals surface area contributed by atoms with E-state index in [1.165, 1.54) is 109 Å². The molecule has 1 nitrogen and oxygen atoms in total. The van der Waals surface area contributed by atoms with Crippen molar-refractivity contribution in [2.24, 2.45) is 0 Å². The summed E-state index contributed by atoms with van der Waals surface area (Å²) in [5.41, 5.74) is 0. The number of hydrogen-bond donors (Lipinski definition) is 1. The SMILES string of the molecule is CCC/C=C\CCCCCCNCCCCCC/C=C\CCCC. The van der Waals surface area contributed by atoms with Crippen LogP contribution in [-0.2, 0) is 0 Å². The first-order chi connectivity index (χ1) is 11.9. The van der Waals surface area contributed by atoms with Crippen molar-refractivity contribution in [2.75, 3.05) is 13.1 Å². The highest BCUT2D eigenvalue weighted by molar-refractivity contribution is 4.81. The van der Waals surface area contributed by atoms with Gasteiger partial charge in [-0.15, -0.1) is 0 Å². The molecule has 0 radical (unpaired) electrons. The Morgan fingerprint density at radius 3 is 1.42 bits per heavy atom. The molecule has 1 N–H and O–H groups in total. The van der Waals surface area contributed by atoms with Gasteiger partial charge in [-0.05, 0) is 64.5 Å². The molecule has 0 atom stereocenters. The largest absolute Gasteiger partial charge is 0.317 e. The van der Waals surface area contributed by atoms with Crippen LogP contribution in [0.5, 0.6) is 0 Å². The van der Waals surface area contributed by atoms with Gasteiger partial charge in [0.15, 0.2) is 0 Å². The lowest BCUT2D eigenvalue weighted by Gasteiger charge is -2.04. The van der Waals surface area contributed by atoms with Crippen LogP contribution in [0.25, 0.3) is 0 Å². The van der Waals surface area contributed by atoms with Crippen molar-refractivity contribution in [3.05, 3.63) is 24.3 Å². The molecule has 0 aliphatic heterocycles. The smallest absolute Gasteiger partial charge is 0.00489 e. The van der Waals surface area contributed by atoms with Gasteiger partial charge < -0.3 is 5.32 Å². The first-order valence-corrected chi connectivity index (χ1v) is 10.9. The maximum atomic E-state index is 3.60. The molecule has 0 saturated heterocycles. The molecule has 0 aliphatic rings. The van der Waals surface area contributed by atoms with Gasteiger partial charge in [0.05, 0.1) is 0 Å². The highest BCUT2D eigenvalue weighted by Gasteiger charge is 1.92. The van der Waals surface area contributed by atoms with E-state index in [-0.39, 0.29) is 0 Å². The van der Waals surface area contributed by atoms with Gasteiger partial charge in [0.1, 0.15) is 0 Å². The van der Waals surface area contributed by atoms with Crippen LogP contribution in [0.4, 0.5) is 0 Å². The molecule has 0 unspecified atom stereocenters. The van der Waals surface area contributed by atoms with Gasteiger partial charge in [-0.25, -0.2) is 0 Å². The summed E-state index contributed by atoms with van der Waals surface area (Å²) in [4.78, 5) is 0. The summed E-state index contributed by atoms with van der Waals surface area (Å²) in [6.07, 6.45) is 29.5. The van der Waals surface area contributed by atoms with Crippen molar-refractivity contribution >= 4 is 0 Å². The molecule has 0 fully saturated rings. The van der Waals surface area contributed by atoms with Gasteiger partial charge >= 0.3 is 0 Å². The van der Waals surface area contributed by atoms with E-state index in [0.29, 0.717) is 0 Å². The molecule has 1 heteroatoms. The Morgan fingerprint density at radius 1 is 0.458 bits per heavy atom. The normalized spacial score (nSPS) is 11.9. The van der Waals surface area contributed by atoms with Crippen molar-refractivity contribution in [2.45, 2.75) is 110 Å². The Balaban J connectivity index is 3.04. The highest BCUT2D eigenvalue weighted by Crippen LogP contribution is 2.06. The van der Waals surface area contributed by atoms with Gasteiger partial charge in [-0.2, -0.15) is 0 Å². The molecule has 0 saturated carbocycles. The minimum atomic E-state index is 1.21. The zero-order chi connectivity index (χ0) is 17.6. The lowest BCUT2D eigenvalue weighted by molar-refractivity contribution is 0.557. The molecule has 0 aromatic heterocycles. The van der Waals surface area contributed by atoms with Crippen molar-refractivity contribution in [3.63, 3.8) is 0 Å². The van der Waals surface area contributed by atoms with Crippen molar-refractivity contribution in [1.29, 1.82) is 0 Å². The standard InChI is InChI=1S/C23H45N/c1-3-5-7-9-11-13-15-17-19-21-23-24-22-20-18-16-14-12-10-8-6-4-2/h8-11,24H,3-7,12-23H2,1-2H3/b10-8-,11-9-. The average molecular weight is 336 g/mol. The van der Waals surface area contributed by atoms with Crippen LogP contribution in [0, 0.1) is 0 Å². The summed E-state index contributed by atoms with van der Waals surface area (Å²) in [5.74, 6) is 0. The molecular formula is C23H45N. The minimum absolute atomic E-state index is 1.21. The van der Waals surface area contributed by atoms with E-state index < -0.39 is 0 Å². The Kier molecular flexibility index (Phi) is 21.9. The van der Waals surface area contributed by atoms with Gasteiger partial charge in [-0.3, -0.25) is 0 Å². The van der Waals surface area contributed by atoms with Crippen LogP contribution in [-0.4, -0.2) is 13.1 Å². The zero-order valence-corrected chi connectivity index (χ0v) is 16.8. The zero-order valence-electron chi connectivity index (χ0n) is 16.8. The molecule has 0 spiro atoms. The second-order valence-electron chi connectivity index (χ2n) is 7.03. The third-order valence-corrected chi connectivity index (χ3v) is 4.46. The fourth-order valence-electron chi connectivity index (χ4n) is 2.82. The maximum absolute atomic E-state index is 3.60. The number of hydrogen-bond acceptors (Lipinski definition) is 1. The minimum Gasteiger partial charge on any atom is -0.317 e. The van der Waals surface area contributed by atoms with E-state index in [1.54, 1.807) is 0 Å². The average Bonchev–Trinajstić information content (AvgIpc) is 2.60. The van der Waals surface area contributed by atoms with Gasteiger partial charge in [0, 0.05) is 0 Å². The van der Waals surface area contributed by atoms with E-state index in [4.69, 9.17) is 0 Å². The number of nitrogens with one attached hydrogen (secondary N) is 1. The van der Waals surface area contributed by atoms with Gasteiger partial charge in [-0.1, -0.05) is 83.1 Å². The Morgan fingerprint density at radius 2 is 0.917 bits per heavy atom. The van der Waals surface area contributed by atoms with Crippen LogP contribution >= 0.6 is 0 Å². The lowest BCUT2D eigenvalue weighted by Crippen LogP contribution is -2.16. The van der Waals surface area contributed by atoms with Crippen molar-refractivity contribution < 1.29 is 0 Å². The first-order valence-electron chi connectivity index (χ1n) is 10.9. The number of allylic oxidation sites excluding steroid dienone is 4. The molecule has 0 amide bonds. The van der Waals surface area contributed by atoms with Crippen LogP contribution in [0.3, 0.4) is 0 Å². The van der Waals surface area contributed by atoms with Gasteiger partial charge in [0.25, 0.3) is 0 Å². The Labute approximate surface area is 153 Å². The van der Waals surface area contributed by atoms with Crippen LogP contribution in [0.15, 0.2) is 24.3 Å². The van der Waals surface area contributed by atoms with Crippen LogP contribution < -0.4 is 5.32 Å². The van der Waals surface area contributed by atoms with Crippen molar-refractivity contribution in [3.8, 4) is 0 Å². The summed E-state index contributed by atoms with van der Waals surface area (Å²) >= 11 is 0. The molecule has 24 heavy (non-hydrogen) atoms. The summed E-state index contributed by atoms with van der Waals surface area (Å²) in [6, 6.07) is 0. The topological polar surface area (TPSA) is 12.0 Å². The third-order valence-electron chi connectivity index (χ3n) is 4.46. The molecular weight excluding hydrogens is 290 g/mol. The molecule has 0 heterocycles. The third kappa shape index (κ3) is 21.4. The van der Waals surface area contributed by atoms with Crippen LogP contribution in [0.2, 0.25) is 0 Å². The van der Waals surface area contributed by atoms with Crippen molar-refractivity contribution in [1.82, 2.24) is 5.32 Å². The number of rotatable bonds is 19. The molecule has 0 aromatic carbocycles. The van der Waals surface area contributed by atoms with E-state index in [2.05, 4.69) is 43.5 Å². The number of unbranched alkanes of at least 4 members (excludes halogenated alkanes) is 11. The van der Waals surface area contributed by atoms with Crippen LogP contribution in [0.1, 0.15) is 110 Å². The molecule has 0 aliphatic carbocycles. The Bertz CT molecular complexity index is 267. The fourth-order valence-corrected chi connectivity index (χ4v) is 2.82. The monoisotopic (exact) mass is 335 g/mol. The van der Waals surface area contributed by atoms with E-state index in [1.807, 2.05) is 0 Å². The summed E-state index contributed by atoms with van der Waals surface area (Å²) < 4.78 is 0. The van der Waals surface area contributed by atoms with Gasteiger partial charge in [0.2, 0.25) is 0 Å². The molecule has 0 aromatic rings. The maximum Gasteiger partial charge on any atom is -0.00489 e. The summed E-state index contributed by atoms with van der Waals surface area (Å²) in [6.45, 7) is 6.93. The van der Waals surface area contributed by atoms with E-state index >= 15 is 0 Å². The quantitative estimate of drug-likeness (QED) is 0.189. The summed E-state index contributed by atoms with van der Waals surface area (Å²) in [5, 5.41) is 3.60. The first kappa shape index (κ1) is 23.4. The lowest BCUT2D eigenvalue weighted by atomic mass is 10.1. The highest BCUT2D eigenvalue weighted by atomic mass is 14.8. The van der Waals surface area contributed by atoms with E-state index in [0.717, 1.165) is 0 Å². The Hall–Kier alpha value is -0.560. The second-order valence-corrected chi connectivity index (χ2v) is 7.03. The second kappa shape index (κ2) is 22.4. The summed E-state index contributed by atoms with van der Waals surface area (Å²) in [7, 11) is 0. The molecule has 0 bridgehead atoms. The fraction of sp³-hybridized carbons (Fsp3) is 0.826. The molecule has 142 valence electrons.